The highest BCUT2D eigenvalue weighted by molar-refractivity contribution is 8.26. The quantitative estimate of drug-likeness (QED) is 0.401. The van der Waals surface area contributed by atoms with Gasteiger partial charge in [0.15, 0.2) is 0 Å². The standard InChI is InChI=1S/C20H20N2O6S2/c1-28-19(27)13-6-4-12(5-7-13)11-15-17(24)22(20(29)30-15)10-8-16(23)21-9-2-3-14(21)18(25)26/h4-7,11,14H,2-3,8-10H2,1H3,(H,25,26)/b15-11-. The predicted octanol–water partition coefficient (Wildman–Crippen LogP) is 2.14. The fourth-order valence-corrected chi connectivity index (χ4v) is 4.66. The van der Waals surface area contributed by atoms with Crippen molar-refractivity contribution in [3.63, 3.8) is 0 Å². The van der Waals surface area contributed by atoms with Crippen LogP contribution in [0.4, 0.5) is 0 Å². The zero-order chi connectivity index (χ0) is 21.8. The van der Waals surface area contributed by atoms with Gasteiger partial charge >= 0.3 is 11.9 Å². The number of rotatable bonds is 6. The van der Waals surface area contributed by atoms with E-state index in [4.69, 9.17) is 12.2 Å². The van der Waals surface area contributed by atoms with Gasteiger partial charge in [-0.15, -0.1) is 0 Å². The van der Waals surface area contributed by atoms with E-state index >= 15 is 0 Å². The molecule has 0 spiro atoms. The third-order valence-electron chi connectivity index (χ3n) is 4.91. The Morgan fingerprint density at radius 1 is 1.30 bits per heavy atom. The summed E-state index contributed by atoms with van der Waals surface area (Å²) in [7, 11) is 1.30. The van der Waals surface area contributed by atoms with E-state index in [0.717, 1.165) is 17.3 Å². The van der Waals surface area contributed by atoms with Gasteiger partial charge in [0.2, 0.25) is 5.91 Å². The van der Waals surface area contributed by atoms with Crippen LogP contribution < -0.4 is 0 Å². The monoisotopic (exact) mass is 448 g/mol. The van der Waals surface area contributed by atoms with Gasteiger partial charge in [0.25, 0.3) is 5.91 Å². The van der Waals surface area contributed by atoms with E-state index in [1.807, 2.05) is 0 Å². The maximum atomic E-state index is 12.7. The summed E-state index contributed by atoms with van der Waals surface area (Å²) < 4.78 is 5.01. The van der Waals surface area contributed by atoms with Gasteiger partial charge < -0.3 is 14.7 Å². The second kappa shape index (κ2) is 9.40. The number of carbonyl (C=O) groups excluding carboxylic acids is 3. The van der Waals surface area contributed by atoms with Gasteiger partial charge in [0.1, 0.15) is 10.4 Å². The minimum absolute atomic E-state index is 0.0112. The highest BCUT2D eigenvalue weighted by atomic mass is 32.2. The van der Waals surface area contributed by atoms with Crippen molar-refractivity contribution in [1.29, 1.82) is 0 Å². The zero-order valence-corrected chi connectivity index (χ0v) is 17.8. The average Bonchev–Trinajstić information content (AvgIpc) is 3.32. The molecule has 2 amide bonds. The first-order valence-electron chi connectivity index (χ1n) is 9.28. The molecule has 0 aliphatic carbocycles. The number of aliphatic carboxylic acids is 1. The molecule has 158 valence electrons. The van der Waals surface area contributed by atoms with E-state index in [1.54, 1.807) is 30.3 Å². The number of likely N-dealkylation sites (tertiary alicyclic amines) is 1. The van der Waals surface area contributed by atoms with Gasteiger partial charge in [-0.1, -0.05) is 36.1 Å². The first kappa shape index (κ1) is 22.0. The molecule has 1 N–H and O–H groups in total. The minimum atomic E-state index is -1.01. The Morgan fingerprint density at radius 2 is 2.00 bits per heavy atom. The number of benzene rings is 1. The Balaban J connectivity index is 1.63. The summed E-state index contributed by atoms with van der Waals surface area (Å²) in [5.41, 5.74) is 1.13. The van der Waals surface area contributed by atoms with E-state index < -0.39 is 18.0 Å². The maximum absolute atomic E-state index is 12.7. The van der Waals surface area contributed by atoms with Crippen molar-refractivity contribution in [3.8, 4) is 0 Å². The van der Waals surface area contributed by atoms with E-state index in [2.05, 4.69) is 4.74 Å². The number of carbonyl (C=O) groups is 4. The number of esters is 1. The van der Waals surface area contributed by atoms with Crippen molar-refractivity contribution < 1.29 is 29.0 Å². The molecule has 10 heteroatoms. The number of nitrogens with zero attached hydrogens (tertiary/aromatic N) is 2. The highest BCUT2D eigenvalue weighted by Crippen LogP contribution is 2.33. The summed E-state index contributed by atoms with van der Waals surface area (Å²) in [5.74, 6) is -2.05. The van der Waals surface area contributed by atoms with Crippen molar-refractivity contribution in [2.45, 2.75) is 25.3 Å². The molecule has 2 aliphatic rings. The topological polar surface area (TPSA) is 104 Å². The lowest BCUT2D eigenvalue weighted by molar-refractivity contribution is -0.148. The third-order valence-corrected chi connectivity index (χ3v) is 6.29. The van der Waals surface area contributed by atoms with Crippen LogP contribution in [-0.4, -0.2) is 69.2 Å². The first-order chi connectivity index (χ1) is 14.3. The summed E-state index contributed by atoms with van der Waals surface area (Å²) in [6, 6.07) is 5.80. The van der Waals surface area contributed by atoms with Gasteiger partial charge in [-0.2, -0.15) is 0 Å². The molecule has 2 saturated heterocycles. The SMILES string of the molecule is COC(=O)c1ccc(/C=C2\SC(=S)N(CCC(=O)N3CCCC3C(=O)O)C2=O)cc1. The normalized spacial score (nSPS) is 20.2. The molecule has 2 aliphatic heterocycles. The van der Waals surface area contributed by atoms with E-state index in [-0.39, 0.29) is 24.8 Å². The Morgan fingerprint density at radius 3 is 2.63 bits per heavy atom. The number of carboxylic acids is 1. The number of methoxy groups -OCH3 is 1. The number of ether oxygens (including phenoxy) is 1. The molecule has 1 unspecified atom stereocenters. The summed E-state index contributed by atoms with van der Waals surface area (Å²) in [4.78, 5) is 51.0. The van der Waals surface area contributed by atoms with Crippen LogP contribution in [0.25, 0.3) is 6.08 Å². The molecule has 0 radical (unpaired) electrons. The highest BCUT2D eigenvalue weighted by Gasteiger charge is 2.36. The van der Waals surface area contributed by atoms with Crippen LogP contribution in [-0.2, 0) is 19.1 Å². The largest absolute Gasteiger partial charge is 0.480 e. The second-order valence-electron chi connectivity index (χ2n) is 6.78. The summed E-state index contributed by atoms with van der Waals surface area (Å²) in [5, 5.41) is 9.22. The lowest BCUT2D eigenvalue weighted by atomic mass is 10.1. The Bertz CT molecular complexity index is 928. The lowest BCUT2D eigenvalue weighted by Gasteiger charge is -2.22. The van der Waals surface area contributed by atoms with Crippen molar-refractivity contribution in [1.82, 2.24) is 9.80 Å². The Labute approximate surface area is 182 Å². The molecule has 8 nitrogen and oxygen atoms in total. The summed E-state index contributed by atoms with van der Waals surface area (Å²) in [6.07, 6.45) is 2.78. The number of thiocarbonyl (C=S) groups is 1. The van der Waals surface area contributed by atoms with Crippen LogP contribution in [0.5, 0.6) is 0 Å². The third kappa shape index (κ3) is 4.71. The Kier molecular flexibility index (Phi) is 6.88. The van der Waals surface area contributed by atoms with Gasteiger partial charge in [-0.05, 0) is 36.6 Å². The van der Waals surface area contributed by atoms with Gasteiger partial charge in [0.05, 0.1) is 17.6 Å². The molecule has 2 fully saturated rings. The molecular weight excluding hydrogens is 428 g/mol. The number of amides is 2. The summed E-state index contributed by atoms with van der Waals surface area (Å²) in [6.45, 7) is 0.515. The van der Waals surface area contributed by atoms with E-state index in [9.17, 15) is 24.3 Å². The van der Waals surface area contributed by atoms with Crippen LogP contribution in [0.15, 0.2) is 29.2 Å². The molecule has 0 bridgehead atoms. The molecule has 1 aromatic rings. The number of hydrogen-bond donors (Lipinski definition) is 1. The lowest BCUT2D eigenvalue weighted by Crippen LogP contribution is -2.42. The number of thioether (sulfide) groups is 1. The van der Waals surface area contributed by atoms with Crippen LogP contribution in [0, 0.1) is 0 Å². The smallest absolute Gasteiger partial charge is 0.337 e. The van der Waals surface area contributed by atoms with Crippen molar-refractivity contribution in [2.24, 2.45) is 0 Å². The van der Waals surface area contributed by atoms with E-state index in [1.165, 1.54) is 16.9 Å². The molecular formula is C20H20N2O6S2. The van der Waals surface area contributed by atoms with Gasteiger partial charge in [0, 0.05) is 19.5 Å². The number of carboxylic acid groups (broad SMARTS) is 1. The van der Waals surface area contributed by atoms with Gasteiger partial charge in [-0.3, -0.25) is 14.5 Å². The van der Waals surface area contributed by atoms with Crippen LogP contribution in [0.1, 0.15) is 35.2 Å². The molecule has 30 heavy (non-hydrogen) atoms. The van der Waals surface area contributed by atoms with Crippen LogP contribution >= 0.6 is 24.0 Å². The zero-order valence-electron chi connectivity index (χ0n) is 16.2. The fourth-order valence-electron chi connectivity index (χ4n) is 3.35. The molecule has 0 aromatic heterocycles. The molecule has 3 rings (SSSR count). The molecule has 1 aromatic carbocycles. The second-order valence-corrected chi connectivity index (χ2v) is 8.46. The minimum Gasteiger partial charge on any atom is -0.480 e. The van der Waals surface area contributed by atoms with Gasteiger partial charge in [-0.25, -0.2) is 9.59 Å². The first-order valence-corrected chi connectivity index (χ1v) is 10.5. The van der Waals surface area contributed by atoms with Crippen LogP contribution in [0.2, 0.25) is 0 Å². The number of hydrogen-bond acceptors (Lipinski definition) is 7. The van der Waals surface area contributed by atoms with Crippen molar-refractivity contribution in [2.75, 3.05) is 20.2 Å². The summed E-state index contributed by atoms with van der Waals surface area (Å²) >= 11 is 6.42. The average molecular weight is 449 g/mol. The molecule has 2 heterocycles. The Hall–Kier alpha value is -2.72. The van der Waals surface area contributed by atoms with Crippen molar-refractivity contribution >= 4 is 58.1 Å². The maximum Gasteiger partial charge on any atom is 0.337 e. The molecule has 0 saturated carbocycles. The van der Waals surface area contributed by atoms with Crippen molar-refractivity contribution in [3.05, 3.63) is 40.3 Å². The fraction of sp³-hybridized carbons (Fsp3) is 0.350. The predicted molar refractivity (Wildman–Crippen MR) is 115 cm³/mol. The van der Waals surface area contributed by atoms with Crippen LogP contribution in [0.3, 0.4) is 0 Å². The van der Waals surface area contributed by atoms with E-state index in [0.29, 0.717) is 34.2 Å². The molecule has 1 atom stereocenters.